The van der Waals surface area contributed by atoms with Gasteiger partial charge in [0.2, 0.25) is 0 Å². The molecule has 0 aliphatic carbocycles. The molecule has 1 N–H and O–H groups in total. The third kappa shape index (κ3) is 5.05. The van der Waals surface area contributed by atoms with E-state index < -0.39 is 11.6 Å². The molecule has 2 aliphatic heterocycles. The van der Waals surface area contributed by atoms with E-state index in [1.54, 1.807) is 0 Å². The van der Waals surface area contributed by atoms with Crippen molar-refractivity contribution in [1.29, 1.82) is 0 Å². The Bertz CT molecular complexity index is 585. The second-order valence-corrected chi connectivity index (χ2v) is 8.20. The average molecular weight is 382 g/mol. The molecule has 0 aromatic heterocycles. The SMILES string of the molecule is CC(C)N1CCC(N2CCN(Cc3c(F)cccc3F)C[C@H]2CCO)CC1. The number of aliphatic hydroxyl groups is 1. The predicted molar refractivity (Wildman–Crippen MR) is 104 cm³/mol. The van der Waals surface area contributed by atoms with Gasteiger partial charge in [0.1, 0.15) is 11.6 Å². The Balaban J connectivity index is 1.62. The lowest BCUT2D eigenvalue weighted by Gasteiger charge is -2.48. The maximum Gasteiger partial charge on any atom is 0.130 e. The summed E-state index contributed by atoms with van der Waals surface area (Å²) in [5, 5.41) is 9.54. The number of aliphatic hydroxyl groups excluding tert-OH is 1. The zero-order valence-electron chi connectivity index (χ0n) is 16.6. The topological polar surface area (TPSA) is 30.0 Å². The van der Waals surface area contributed by atoms with E-state index in [9.17, 15) is 13.9 Å². The van der Waals surface area contributed by atoms with Gasteiger partial charge in [-0.3, -0.25) is 9.80 Å². The van der Waals surface area contributed by atoms with Gasteiger partial charge in [-0.05, 0) is 58.3 Å². The summed E-state index contributed by atoms with van der Waals surface area (Å²) in [6.45, 7) is 9.62. The van der Waals surface area contributed by atoms with Crippen molar-refractivity contribution in [2.24, 2.45) is 0 Å². The van der Waals surface area contributed by atoms with Crippen LogP contribution in [0.2, 0.25) is 0 Å². The van der Waals surface area contributed by atoms with Gasteiger partial charge in [0.15, 0.2) is 0 Å². The number of hydrogen-bond acceptors (Lipinski definition) is 4. The molecule has 1 atom stereocenters. The Hall–Kier alpha value is -1.08. The molecule has 0 amide bonds. The number of piperidine rings is 1. The first-order chi connectivity index (χ1) is 13.0. The number of piperazine rings is 1. The molecule has 1 aromatic carbocycles. The molecule has 6 heteroatoms. The van der Waals surface area contributed by atoms with Crippen molar-refractivity contribution in [3.8, 4) is 0 Å². The fraction of sp³-hybridized carbons (Fsp3) is 0.714. The highest BCUT2D eigenvalue weighted by molar-refractivity contribution is 5.19. The molecular weight excluding hydrogens is 348 g/mol. The number of halogens is 2. The van der Waals surface area contributed by atoms with E-state index in [0.717, 1.165) is 45.6 Å². The smallest absolute Gasteiger partial charge is 0.130 e. The van der Waals surface area contributed by atoms with Gasteiger partial charge in [-0.2, -0.15) is 0 Å². The molecule has 2 saturated heterocycles. The molecule has 3 rings (SSSR count). The minimum absolute atomic E-state index is 0.147. The van der Waals surface area contributed by atoms with Crippen LogP contribution in [0.25, 0.3) is 0 Å². The van der Waals surface area contributed by atoms with E-state index in [4.69, 9.17) is 0 Å². The molecule has 0 bridgehead atoms. The first-order valence-corrected chi connectivity index (χ1v) is 10.3. The zero-order valence-corrected chi connectivity index (χ0v) is 16.6. The number of benzene rings is 1. The molecule has 2 heterocycles. The van der Waals surface area contributed by atoms with Crippen LogP contribution in [-0.2, 0) is 6.54 Å². The summed E-state index contributed by atoms with van der Waals surface area (Å²) in [4.78, 5) is 7.19. The average Bonchev–Trinajstić information content (AvgIpc) is 2.65. The Kier molecular flexibility index (Phi) is 7.20. The summed E-state index contributed by atoms with van der Waals surface area (Å²) in [6.07, 6.45) is 3.02. The molecule has 27 heavy (non-hydrogen) atoms. The van der Waals surface area contributed by atoms with E-state index >= 15 is 0 Å². The van der Waals surface area contributed by atoms with Crippen LogP contribution < -0.4 is 0 Å². The van der Waals surface area contributed by atoms with Crippen molar-refractivity contribution in [3.05, 3.63) is 35.4 Å². The van der Waals surface area contributed by atoms with Crippen molar-refractivity contribution < 1.29 is 13.9 Å². The molecule has 152 valence electrons. The highest BCUT2D eigenvalue weighted by Gasteiger charge is 2.34. The second-order valence-electron chi connectivity index (χ2n) is 8.20. The molecule has 0 spiro atoms. The van der Waals surface area contributed by atoms with Crippen LogP contribution in [0.1, 0.15) is 38.7 Å². The van der Waals surface area contributed by atoms with E-state index in [1.807, 2.05) is 0 Å². The molecular formula is C21H33F2N3O. The predicted octanol–water partition coefficient (Wildman–Crippen LogP) is 2.71. The molecule has 4 nitrogen and oxygen atoms in total. The van der Waals surface area contributed by atoms with Crippen LogP contribution in [0.15, 0.2) is 18.2 Å². The van der Waals surface area contributed by atoms with Gasteiger partial charge in [-0.25, -0.2) is 8.78 Å². The Labute approximate surface area is 161 Å². The standard InChI is InChI=1S/C21H33F2N3O/c1-16(2)25-9-6-17(7-10-25)26-12-11-24(14-18(26)8-13-27)15-19-20(22)4-3-5-21(19)23/h3-5,16-18,27H,6-15H2,1-2H3/t18-/m1/s1. The Morgan fingerprint density at radius 3 is 2.33 bits per heavy atom. The van der Waals surface area contributed by atoms with Crippen LogP contribution >= 0.6 is 0 Å². The summed E-state index contributed by atoms with van der Waals surface area (Å²) in [6, 6.07) is 5.43. The van der Waals surface area contributed by atoms with Gasteiger partial charge in [0.05, 0.1) is 0 Å². The van der Waals surface area contributed by atoms with Crippen LogP contribution in [-0.4, -0.2) is 77.3 Å². The molecule has 0 saturated carbocycles. The molecule has 2 fully saturated rings. The van der Waals surface area contributed by atoms with E-state index in [-0.39, 0.29) is 18.2 Å². The van der Waals surface area contributed by atoms with E-state index in [2.05, 4.69) is 28.5 Å². The van der Waals surface area contributed by atoms with Gasteiger partial charge in [0, 0.05) is 56.5 Å². The lowest BCUT2D eigenvalue weighted by molar-refractivity contribution is -0.000563. The monoisotopic (exact) mass is 381 g/mol. The van der Waals surface area contributed by atoms with Gasteiger partial charge < -0.3 is 10.0 Å². The summed E-state index contributed by atoms with van der Waals surface area (Å²) >= 11 is 0. The lowest BCUT2D eigenvalue weighted by Crippen LogP contribution is -2.58. The summed E-state index contributed by atoms with van der Waals surface area (Å²) in [7, 11) is 0. The molecule has 1 aromatic rings. The van der Waals surface area contributed by atoms with Crippen LogP contribution in [0.3, 0.4) is 0 Å². The Morgan fingerprint density at radius 1 is 1.07 bits per heavy atom. The van der Waals surface area contributed by atoms with Crippen molar-refractivity contribution in [2.45, 2.75) is 57.8 Å². The number of nitrogens with zero attached hydrogens (tertiary/aromatic N) is 3. The lowest BCUT2D eigenvalue weighted by atomic mass is 9.97. The Morgan fingerprint density at radius 2 is 1.74 bits per heavy atom. The van der Waals surface area contributed by atoms with Crippen molar-refractivity contribution in [1.82, 2.24) is 14.7 Å². The van der Waals surface area contributed by atoms with Gasteiger partial charge in [-0.15, -0.1) is 0 Å². The molecule has 0 radical (unpaired) electrons. The quantitative estimate of drug-likeness (QED) is 0.821. The summed E-state index contributed by atoms with van der Waals surface area (Å²) < 4.78 is 28.0. The molecule has 2 aliphatic rings. The van der Waals surface area contributed by atoms with Crippen LogP contribution in [0.4, 0.5) is 8.78 Å². The third-order valence-electron chi connectivity index (χ3n) is 6.22. The number of hydrogen-bond donors (Lipinski definition) is 1. The maximum absolute atomic E-state index is 14.0. The number of likely N-dealkylation sites (tertiary alicyclic amines) is 1. The van der Waals surface area contributed by atoms with Crippen LogP contribution in [0, 0.1) is 11.6 Å². The van der Waals surface area contributed by atoms with E-state index in [0.29, 0.717) is 25.0 Å². The fourth-order valence-corrected chi connectivity index (χ4v) is 4.60. The van der Waals surface area contributed by atoms with Crippen LogP contribution in [0.5, 0.6) is 0 Å². The van der Waals surface area contributed by atoms with Gasteiger partial charge in [-0.1, -0.05) is 6.07 Å². The zero-order chi connectivity index (χ0) is 19.4. The van der Waals surface area contributed by atoms with Crippen molar-refractivity contribution >= 4 is 0 Å². The molecule has 0 unspecified atom stereocenters. The summed E-state index contributed by atoms with van der Waals surface area (Å²) in [5.74, 6) is -0.950. The number of rotatable bonds is 6. The highest BCUT2D eigenvalue weighted by atomic mass is 19.1. The van der Waals surface area contributed by atoms with Gasteiger partial charge >= 0.3 is 0 Å². The first-order valence-electron chi connectivity index (χ1n) is 10.3. The normalized spacial score (nSPS) is 24.0. The minimum Gasteiger partial charge on any atom is -0.396 e. The first kappa shape index (κ1) is 20.6. The van der Waals surface area contributed by atoms with Gasteiger partial charge in [0.25, 0.3) is 0 Å². The van der Waals surface area contributed by atoms with Crippen molar-refractivity contribution in [3.63, 3.8) is 0 Å². The second kappa shape index (κ2) is 9.41. The third-order valence-corrected chi connectivity index (χ3v) is 6.22. The van der Waals surface area contributed by atoms with Crippen molar-refractivity contribution in [2.75, 3.05) is 39.3 Å². The highest BCUT2D eigenvalue weighted by Crippen LogP contribution is 2.25. The fourth-order valence-electron chi connectivity index (χ4n) is 4.60. The largest absolute Gasteiger partial charge is 0.396 e. The minimum atomic E-state index is -0.475. The maximum atomic E-state index is 14.0. The summed E-state index contributed by atoms with van der Waals surface area (Å²) in [5.41, 5.74) is 0.152. The van der Waals surface area contributed by atoms with E-state index in [1.165, 1.54) is 18.2 Å².